The summed E-state index contributed by atoms with van der Waals surface area (Å²) in [4.78, 5) is 37.1. The highest BCUT2D eigenvalue weighted by Gasteiger charge is 2.22. The van der Waals surface area contributed by atoms with Gasteiger partial charge in [-0.25, -0.2) is 8.78 Å². The summed E-state index contributed by atoms with van der Waals surface area (Å²) in [6, 6.07) is 2.13. The first kappa shape index (κ1) is 23.7. The molecule has 2 aromatic rings. The van der Waals surface area contributed by atoms with E-state index in [-0.39, 0.29) is 41.6 Å². The van der Waals surface area contributed by atoms with Crippen molar-refractivity contribution in [1.82, 2.24) is 9.88 Å². The molecule has 1 aromatic carbocycles. The number of hydrogen-bond acceptors (Lipinski definition) is 5. The van der Waals surface area contributed by atoms with Crippen LogP contribution in [-0.4, -0.2) is 34.6 Å². The maximum atomic E-state index is 14.0. The van der Waals surface area contributed by atoms with E-state index >= 15 is 0 Å². The number of amides is 1. The van der Waals surface area contributed by atoms with Gasteiger partial charge in [-0.05, 0) is 25.8 Å². The van der Waals surface area contributed by atoms with Crippen molar-refractivity contribution in [3.8, 4) is 0 Å². The molecule has 2 N–H and O–H groups in total. The summed E-state index contributed by atoms with van der Waals surface area (Å²) in [5.74, 6) is -2.38. The molecule has 1 heterocycles. The predicted molar refractivity (Wildman–Crippen MR) is 112 cm³/mol. The summed E-state index contributed by atoms with van der Waals surface area (Å²) in [7, 11) is 0. The third-order valence-corrected chi connectivity index (χ3v) is 5.70. The van der Waals surface area contributed by atoms with Crippen molar-refractivity contribution < 1.29 is 28.2 Å². The standard InChI is InChI=1S/C23H26F2N2O5/c1-14(17-7-6-15(24)10-20(17)25)26-23(31)18-11-27(8-9-32-16-4-2-3-5-16)21(13-29)19(12-28)22(18)30/h6-7,10-11,13-14,16,28H,2-5,8-9,12H2,1H3,(H,26,31)/t14-/m0/s1. The molecule has 1 aliphatic carbocycles. The fourth-order valence-corrected chi connectivity index (χ4v) is 3.95. The number of carbonyl (C=O) groups excluding carboxylic acids is 2. The number of aldehydes is 1. The van der Waals surface area contributed by atoms with E-state index in [9.17, 15) is 28.3 Å². The number of nitrogens with one attached hydrogen (secondary N) is 1. The summed E-state index contributed by atoms with van der Waals surface area (Å²) in [5, 5.41) is 12.2. The first-order chi connectivity index (χ1) is 15.3. The van der Waals surface area contributed by atoms with Gasteiger partial charge in [0.05, 0.1) is 36.6 Å². The Morgan fingerprint density at radius 1 is 1.34 bits per heavy atom. The molecule has 1 aliphatic rings. The Hall–Kier alpha value is -2.91. The lowest BCUT2D eigenvalue weighted by molar-refractivity contribution is 0.0524. The molecule has 1 saturated carbocycles. The van der Waals surface area contributed by atoms with Crippen LogP contribution < -0.4 is 10.7 Å². The van der Waals surface area contributed by atoms with Crippen LogP contribution in [0.15, 0.2) is 29.2 Å². The van der Waals surface area contributed by atoms with Crippen molar-refractivity contribution in [2.75, 3.05) is 6.61 Å². The number of aromatic nitrogens is 1. The van der Waals surface area contributed by atoms with Gasteiger partial charge in [0, 0.05) is 24.4 Å². The fraction of sp³-hybridized carbons (Fsp3) is 0.435. The van der Waals surface area contributed by atoms with E-state index in [0.29, 0.717) is 12.4 Å². The van der Waals surface area contributed by atoms with Crippen molar-refractivity contribution in [3.63, 3.8) is 0 Å². The van der Waals surface area contributed by atoms with E-state index in [1.54, 1.807) is 0 Å². The largest absolute Gasteiger partial charge is 0.391 e. The average molecular weight is 448 g/mol. The van der Waals surface area contributed by atoms with Crippen molar-refractivity contribution in [2.45, 2.75) is 57.9 Å². The molecule has 1 atom stereocenters. The number of benzene rings is 1. The molecule has 0 aliphatic heterocycles. The number of halogens is 2. The maximum Gasteiger partial charge on any atom is 0.257 e. The zero-order chi connectivity index (χ0) is 23.3. The quantitative estimate of drug-likeness (QED) is 0.575. The summed E-state index contributed by atoms with van der Waals surface area (Å²) >= 11 is 0. The molecule has 1 aromatic heterocycles. The second-order valence-corrected chi connectivity index (χ2v) is 7.84. The number of ether oxygens (including phenoxy) is 1. The van der Waals surface area contributed by atoms with E-state index in [1.165, 1.54) is 23.8 Å². The number of nitrogens with zero attached hydrogens (tertiary/aromatic N) is 1. The van der Waals surface area contributed by atoms with E-state index in [0.717, 1.165) is 31.7 Å². The predicted octanol–water partition coefficient (Wildman–Crippen LogP) is 2.88. The molecule has 32 heavy (non-hydrogen) atoms. The Morgan fingerprint density at radius 3 is 2.69 bits per heavy atom. The van der Waals surface area contributed by atoms with E-state index in [4.69, 9.17) is 4.74 Å². The third kappa shape index (κ3) is 5.28. The van der Waals surface area contributed by atoms with Crippen molar-refractivity contribution in [2.24, 2.45) is 0 Å². The number of hydrogen-bond donors (Lipinski definition) is 2. The highest BCUT2D eigenvalue weighted by molar-refractivity contribution is 5.95. The lowest BCUT2D eigenvalue weighted by atomic mass is 10.1. The van der Waals surface area contributed by atoms with Gasteiger partial charge in [-0.2, -0.15) is 0 Å². The SMILES string of the molecule is C[C@H](NC(=O)c1cn(CCOC2CCCC2)c(C=O)c(CO)c1=O)c1ccc(F)cc1F. The monoisotopic (exact) mass is 448 g/mol. The number of carbonyl (C=O) groups is 2. The topological polar surface area (TPSA) is 97.6 Å². The molecule has 9 heteroatoms. The maximum absolute atomic E-state index is 14.0. The Morgan fingerprint density at radius 2 is 2.06 bits per heavy atom. The average Bonchev–Trinajstić information content (AvgIpc) is 3.27. The summed E-state index contributed by atoms with van der Waals surface area (Å²) in [6.07, 6.45) is 6.01. The van der Waals surface area contributed by atoms with Gasteiger partial charge < -0.3 is 19.7 Å². The van der Waals surface area contributed by atoms with Gasteiger partial charge in [-0.1, -0.05) is 18.9 Å². The Balaban J connectivity index is 1.84. The van der Waals surface area contributed by atoms with E-state index < -0.39 is 35.6 Å². The van der Waals surface area contributed by atoms with E-state index in [2.05, 4.69) is 5.32 Å². The molecule has 7 nitrogen and oxygen atoms in total. The van der Waals surface area contributed by atoms with Crippen molar-refractivity contribution in [3.05, 3.63) is 68.6 Å². The first-order valence-corrected chi connectivity index (χ1v) is 10.6. The number of aliphatic hydroxyl groups excluding tert-OH is 1. The molecule has 1 fully saturated rings. The second kappa shape index (κ2) is 10.6. The van der Waals surface area contributed by atoms with Crippen molar-refractivity contribution in [1.29, 1.82) is 0 Å². The van der Waals surface area contributed by atoms with Gasteiger partial charge in [0.15, 0.2) is 6.29 Å². The van der Waals surface area contributed by atoms with Crippen LogP contribution in [0.25, 0.3) is 0 Å². The molecule has 0 saturated heterocycles. The van der Waals surface area contributed by atoms with Gasteiger partial charge in [-0.3, -0.25) is 14.4 Å². The van der Waals surface area contributed by atoms with Crippen LogP contribution in [0.3, 0.4) is 0 Å². The second-order valence-electron chi connectivity index (χ2n) is 7.84. The van der Waals surface area contributed by atoms with Gasteiger partial charge in [0.25, 0.3) is 5.91 Å². The number of rotatable bonds is 9. The molecule has 172 valence electrons. The minimum absolute atomic E-state index is 0.0262. The minimum atomic E-state index is -0.857. The molecule has 0 bridgehead atoms. The fourth-order valence-electron chi connectivity index (χ4n) is 3.95. The zero-order valence-corrected chi connectivity index (χ0v) is 17.8. The third-order valence-electron chi connectivity index (χ3n) is 5.70. The number of pyridine rings is 1. The normalized spacial score (nSPS) is 15.0. The lowest BCUT2D eigenvalue weighted by Gasteiger charge is -2.18. The first-order valence-electron chi connectivity index (χ1n) is 10.6. The summed E-state index contributed by atoms with van der Waals surface area (Å²) in [6.45, 7) is 1.26. The van der Waals surface area contributed by atoms with Crippen LogP contribution >= 0.6 is 0 Å². The number of aliphatic hydroxyl groups is 1. The van der Waals surface area contributed by atoms with Crippen LogP contribution in [0.4, 0.5) is 8.78 Å². The molecular weight excluding hydrogens is 422 g/mol. The molecule has 1 amide bonds. The smallest absolute Gasteiger partial charge is 0.257 e. The van der Waals surface area contributed by atoms with Crippen LogP contribution in [0.1, 0.15) is 70.6 Å². The summed E-state index contributed by atoms with van der Waals surface area (Å²) < 4.78 is 34.4. The van der Waals surface area contributed by atoms with Crippen molar-refractivity contribution >= 4 is 12.2 Å². The minimum Gasteiger partial charge on any atom is -0.391 e. The van der Waals surface area contributed by atoms with Crippen LogP contribution in [0.2, 0.25) is 0 Å². The van der Waals surface area contributed by atoms with Gasteiger partial charge in [0.2, 0.25) is 5.43 Å². The molecular formula is C23H26F2N2O5. The van der Waals surface area contributed by atoms with Gasteiger partial charge in [-0.15, -0.1) is 0 Å². The Labute approximate surface area is 184 Å². The van der Waals surface area contributed by atoms with Gasteiger partial charge in [0.1, 0.15) is 17.2 Å². The zero-order valence-electron chi connectivity index (χ0n) is 17.8. The molecule has 0 radical (unpaired) electrons. The van der Waals surface area contributed by atoms with Crippen LogP contribution in [0.5, 0.6) is 0 Å². The Kier molecular flexibility index (Phi) is 7.87. The Bertz CT molecular complexity index is 1050. The van der Waals surface area contributed by atoms with Crippen LogP contribution in [-0.2, 0) is 17.9 Å². The van der Waals surface area contributed by atoms with Crippen LogP contribution in [0, 0.1) is 11.6 Å². The summed E-state index contributed by atoms with van der Waals surface area (Å²) in [5.41, 5.74) is -1.26. The van der Waals surface area contributed by atoms with Gasteiger partial charge >= 0.3 is 0 Å². The molecule has 0 unspecified atom stereocenters. The van der Waals surface area contributed by atoms with E-state index in [1.807, 2.05) is 0 Å². The highest BCUT2D eigenvalue weighted by Crippen LogP contribution is 2.21. The molecule has 0 spiro atoms. The molecule has 3 rings (SSSR count). The highest BCUT2D eigenvalue weighted by atomic mass is 19.1. The lowest BCUT2D eigenvalue weighted by Crippen LogP contribution is -2.34.